The summed E-state index contributed by atoms with van der Waals surface area (Å²) in [7, 11) is 1.72. The normalized spacial score (nSPS) is 10.8. The van der Waals surface area contributed by atoms with E-state index in [1.807, 2.05) is 54.6 Å². The zero-order chi connectivity index (χ0) is 20.4. The Morgan fingerprint density at radius 2 is 1.52 bits per heavy atom. The Hall–Kier alpha value is -3.73. The molecule has 0 radical (unpaired) electrons. The fourth-order valence-corrected chi connectivity index (χ4v) is 3.40. The molecule has 0 saturated heterocycles. The SMILES string of the molecule is CN(C(=O)Cn1cc(C(=O)c2ccccc2F)c2ccccc21)c1ccccc1. The van der Waals surface area contributed by atoms with E-state index >= 15 is 0 Å². The minimum atomic E-state index is -0.561. The molecule has 0 aliphatic rings. The first-order chi connectivity index (χ1) is 14.1. The highest BCUT2D eigenvalue weighted by atomic mass is 19.1. The number of hydrogen-bond acceptors (Lipinski definition) is 2. The topological polar surface area (TPSA) is 42.3 Å². The van der Waals surface area contributed by atoms with Gasteiger partial charge in [-0.1, -0.05) is 48.5 Å². The van der Waals surface area contributed by atoms with Crippen molar-refractivity contribution in [3.63, 3.8) is 0 Å². The molecule has 4 rings (SSSR count). The average molecular weight is 386 g/mol. The van der Waals surface area contributed by atoms with Gasteiger partial charge in [0.1, 0.15) is 12.4 Å². The van der Waals surface area contributed by atoms with Crippen LogP contribution in [0.5, 0.6) is 0 Å². The van der Waals surface area contributed by atoms with Gasteiger partial charge >= 0.3 is 0 Å². The van der Waals surface area contributed by atoms with Crippen molar-refractivity contribution in [2.24, 2.45) is 0 Å². The van der Waals surface area contributed by atoms with Crippen LogP contribution in [0.1, 0.15) is 15.9 Å². The number of para-hydroxylation sites is 2. The number of halogens is 1. The second-order valence-electron chi connectivity index (χ2n) is 6.79. The van der Waals surface area contributed by atoms with Crippen molar-refractivity contribution in [3.8, 4) is 0 Å². The van der Waals surface area contributed by atoms with Crippen molar-refractivity contribution in [3.05, 3.63) is 102 Å². The molecule has 0 aliphatic carbocycles. The molecule has 0 N–H and O–H groups in total. The number of amides is 1. The van der Waals surface area contributed by atoms with Gasteiger partial charge in [0.15, 0.2) is 5.78 Å². The van der Waals surface area contributed by atoms with Crippen LogP contribution in [0.25, 0.3) is 10.9 Å². The molecule has 4 aromatic rings. The summed E-state index contributed by atoms with van der Waals surface area (Å²) in [4.78, 5) is 27.4. The van der Waals surface area contributed by atoms with Gasteiger partial charge in [0.2, 0.25) is 5.91 Å². The molecule has 4 nitrogen and oxygen atoms in total. The van der Waals surface area contributed by atoms with E-state index in [0.29, 0.717) is 10.9 Å². The molecule has 1 heterocycles. The van der Waals surface area contributed by atoms with Gasteiger partial charge in [-0.3, -0.25) is 9.59 Å². The lowest BCUT2D eigenvalue weighted by Crippen LogP contribution is -2.29. The average Bonchev–Trinajstić information content (AvgIpc) is 3.12. The van der Waals surface area contributed by atoms with Crippen molar-refractivity contribution < 1.29 is 14.0 Å². The van der Waals surface area contributed by atoms with E-state index in [0.717, 1.165) is 11.2 Å². The maximum absolute atomic E-state index is 14.1. The summed E-state index contributed by atoms with van der Waals surface area (Å²) in [5.41, 5.74) is 1.93. The molecule has 3 aromatic carbocycles. The van der Waals surface area contributed by atoms with Crippen LogP contribution >= 0.6 is 0 Å². The van der Waals surface area contributed by atoms with E-state index in [4.69, 9.17) is 0 Å². The molecule has 0 fully saturated rings. The molecule has 0 atom stereocenters. The number of carbonyl (C=O) groups is 2. The van der Waals surface area contributed by atoms with Crippen molar-refractivity contribution in [1.82, 2.24) is 4.57 Å². The van der Waals surface area contributed by atoms with Crippen LogP contribution in [0.4, 0.5) is 10.1 Å². The van der Waals surface area contributed by atoms with E-state index < -0.39 is 11.6 Å². The second kappa shape index (κ2) is 7.72. The summed E-state index contributed by atoms with van der Waals surface area (Å²) in [6, 6.07) is 22.6. The van der Waals surface area contributed by atoms with Gasteiger partial charge in [-0.15, -0.1) is 0 Å². The number of rotatable bonds is 5. The summed E-state index contributed by atoms with van der Waals surface area (Å²) >= 11 is 0. The zero-order valence-corrected chi connectivity index (χ0v) is 15.9. The van der Waals surface area contributed by atoms with Gasteiger partial charge in [-0.05, 0) is 30.3 Å². The van der Waals surface area contributed by atoms with Gasteiger partial charge in [0.05, 0.1) is 5.56 Å². The van der Waals surface area contributed by atoms with Crippen LogP contribution in [0.2, 0.25) is 0 Å². The smallest absolute Gasteiger partial charge is 0.246 e. The Kier molecular flexibility index (Phi) is 4.96. The van der Waals surface area contributed by atoms with E-state index in [-0.39, 0.29) is 18.0 Å². The molecule has 1 aromatic heterocycles. The van der Waals surface area contributed by atoms with Crippen molar-refractivity contribution >= 4 is 28.3 Å². The third-order valence-electron chi connectivity index (χ3n) is 4.97. The Balaban J connectivity index is 1.70. The third-order valence-corrected chi connectivity index (χ3v) is 4.97. The minimum Gasteiger partial charge on any atom is -0.337 e. The van der Waals surface area contributed by atoms with E-state index in [1.165, 1.54) is 12.1 Å². The zero-order valence-electron chi connectivity index (χ0n) is 15.9. The first-order valence-corrected chi connectivity index (χ1v) is 9.25. The number of nitrogens with zero attached hydrogens (tertiary/aromatic N) is 2. The lowest BCUT2D eigenvalue weighted by molar-refractivity contribution is -0.118. The largest absolute Gasteiger partial charge is 0.337 e. The lowest BCUT2D eigenvalue weighted by atomic mass is 10.0. The number of benzene rings is 3. The monoisotopic (exact) mass is 386 g/mol. The predicted octanol–water partition coefficient (Wildman–Crippen LogP) is 4.67. The van der Waals surface area contributed by atoms with E-state index in [2.05, 4.69) is 0 Å². The molecule has 1 amide bonds. The van der Waals surface area contributed by atoms with Crippen LogP contribution in [0.15, 0.2) is 85.1 Å². The van der Waals surface area contributed by atoms with Gasteiger partial charge in [0, 0.05) is 35.4 Å². The first kappa shape index (κ1) is 18.6. The number of anilines is 1. The number of fused-ring (bicyclic) bond motifs is 1. The molecule has 29 heavy (non-hydrogen) atoms. The van der Waals surface area contributed by atoms with Crippen LogP contribution in [0.3, 0.4) is 0 Å². The Labute approximate surface area is 167 Å². The Morgan fingerprint density at radius 3 is 2.28 bits per heavy atom. The molecule has 0 spiro atoms. The number of aromatic nitrogens is 1. The quantitative estimate of drug-likeness (QED) is 0.468. The minimum absolute atomic E-state index is 0.0168. The number of hydrogen-bond donors (Lipinski definition) is 0. The van der Waals surface area contributed by atoms with Gasteiger partial charge in [-0.2, -0.15) is 0 Å². The highest BCUT2D eigenvalue weighted by molar-refractivity contribution is 6.16. The molecule has 0 bridgehead atoms. The fraction of sp³-hybridized carbons (Fsp3) is 0.0833. The fourth-order valence-electron chi connectivity index (χ4n) is 3.40. The standard InChI is InChI=1S/C24H19FN2O2/c1-26(17-9-3-2-4-10-17)23(28)16-27-15-20(18-11-6-8-14-22(18)27)24(29)19-12-5-7-13-21(19)25/h2-15H,16H2,1H3. The molecule has 0 unspecified atom stereocenters. The van der Waals surface area contributed by atoms with Gasteiger partial charge in [-0.25, -0.2) is 4.39 Å². The summed E-state index contributed by atoms with van der Waals surface area (Å²) < 4.78 is 15.9. The predicted molar refractivity (Wildman–Crippen MR) is 112 cm³/mol. The highest BCUT2D eigenvalue weighted by Crippen LogP contribution is 2.25. The van der Waals surface area contributed by atoms with Gasteiger partial charge in [0.25, 0.3) is 0 Å². The van der Waals surface area contributed by atoms with Crippen LogP contribution < -0.4 is 4.90 Å². The molecular formula is C24H19FN2O2. The number of likely N-dealkylation sites (N-methyl/N-ethyl adjacent to an activating group) is 1. The van der Waals surface area contributed by atoms with Crippen molar-refractivity contribution in [2.45, 2.75) is 6.54 Å². The van der Waals surface area contributed by atoms with Crippen LogP contribution in [-0.4, -0.2) is 23.3 Å². The summed E-state index contributed by atoms with van der Waals surface area (Å²) in [6.07, 6.45) is 1.64. The van der Waals surface area contributed by atoms with Gasteiger partial charge < -0.3 is 9.47 Å². The highest BCUT2D eigenvalue weighted by Gasteiger charge is 2.21. The van der Waals surface area contributed by atoms with E-state index in [9.17, 15) is 14.0 Å². The first-order valence-electron chi connectivity index (χ1n) is 9.25. The van der Waals surface area contributed by atoms with Crippen LogP contribution in [0, 0.1) is 5.82 Å². The molecule has 0 aliphatic heterocycles. The molecular weight excluding hydrogens is 367 g/mol. The molecule has 144 valence electrons. The Morgan fingerprint density at radius 1 is 0.862 bits per heavy atom. The Bertz CT molecular complexity index is 1200. The third kappa shape index (κ3) is 3.55. The van der Waals surface area contributed by atoms with Crippen LogP contribution in [-0.2, 0) is 11.3 Å². The lowest BCUT2D eigenvalue weighted by Gasteiger charge is -2.18. The van der Waals surface area contributed by atoms with Crippen molar-refractivity contribution in [2.75, 3.05) is 11.9 Å². The maximum atomic E-state index is 14.1. The van der Waals surface area contributed by atoms with Crippen molar-refractivity contribution in [1.29, 1.82) is 0 Å². The number of carbonyl (C=O) groups excluding carboxylic acids is 2. The molecule has 0 saturated carbocycles. The summed E-state index contributed by atoms with van der Waals surface area (Å²) in [5, 5.41) is 0.691. The molecule has 5 heteroatoms. The summed E-state index contributed by atoms with van der Waals surface area (Å²) in [5.74, 6) is -1.09. The van der Waals surface area contributed by atoms with E-state index in [1.54, 1.807) is 34.8 Å². The number of ketones is 1. The maximum Gasteiger partial charge on any atom is 0.246 e. The summed E-state index contributed by atoms with van der Waals surface area (Å²) in [6.45, 7) is 0.0659. The second-order valence-corrected chi connectivity index (χ2v) is 6.79.